The van der Waals surface area contributed by atoms with Gasteiger partial charge in [0.1, 0.15) is 10.2 Å². The van der Waals surface area contributed by atoms with E-state index in [1.807, 2.05) is 29.6 Å². The van der Waals surface area contributed by atoms with E-state index in [1.165, 1.54) is 11.3 Å². The molecule has 27 heavy (non-hydrogen) atoms. The Morgan fingerprint density at radius 1 is 1.26 bits per heavy atom. The van der Waals surface area contributed by atoms with Crippen molar-refractivity contribution in [1.82, 2.24) is 15.0 Å². The van der Waals surface area contributed by atoms with Crippen LogP contribution >= 0.6 is 34.3 Å². The number of nitrogens with zero attached hydrogens (tertiary/aromatic N) is 4. The number of thiophene rings is 1. The lowest BCUT2D eigenvalue weighted by molar-refractivity contribution is 1.29. The molecule has 0 aliphatic heterocycles. The fourth-order valence-corrected chi connectivity index (χ4v) is 4.74. The molecular formula is C20H13ClN4S2. The quantitative estimate of drug-likeness (QED) is 0.285. The maximum atomic E-state index is 6.46. The fraction of sp³-hybridized carbons (Fsp3) is 0. The maximum Gasteiger partial charge on any atom is 0.150 e. The first-order valence-electron chi connectivity index (χ1n) is 7.96. The van der Waals surface area contributed by atoms with E-state index in [1.54, 1.807) is 35.9 Å². The van der Waals surface area contributed by atoms with Crippen molar-refractivity contribution in [3.05, 3.63) is 71.6 Å². The molecule has 0 aromatic carbocycles. The first-order valence-corrected chi connectivity index (χ1v) is 10.0. The lowest BCUT2D eigenvalue weighted by Gasteiger charge is -2.06. The summed E-state index contributed by atoms with van der Waals surface area (Å²) in [5.74, 6) is 0. The number of pyridine rings is 2. The number of thiazole rings is 1. The summed E-state index contributed by atoms with van der Waals surface area (Å²) in [6.07, 6.45) is 6.98. The van der Waals surface area contributed by atoms with Crippen molar-refractivity contribution in [2.45, 2.75) is 0 Å². The molecule has 4 aromatic heterocycles. The Labute approximate surface area is 169 Å². The van der Waals surface area contributed by atoms with Gasteiger partial charge in [0.05, 0.1) is 22.0 Å². The Morgan fingerprint density at radius 3 is 2.89 bits per heavy atom. The van der Waals surface area contributed by atoms with Crippen molar-refractivity contribution in [3.63, 3.8) is 0 Å². The van der Waals surface area contributed by atoms with Crippen molar-refractivity contribution in [2.75, 3.05) is 0 Å². The molecule has 0 atom stereocenters. The topological polar surface area (TPSA) is 51.0 Å². The molecular weight excluding hydrogens is 396 g/mol. The van der Waals surface area contributed by atoms with Gasteiger partial charge in [0.25, 0.3) is 0 Å². The highest BCUT2D eigenvalue weighted by atomic mass is 35.5. The fourth-order valence-electron chi connectivity index (χ4n) is 2.67. The van der Waals surface area contributed by atoms with Gasteiger partial charge in [-0.15, -0.1) is 22.7 Å². The molecule has 0 bridgehead atoms. The lowest BCUT2D eigenvalue weighted by atomic mass is 10.1. The minimum absolute atomic E-state index is 0.425. The van der Waals surface area contributed by atoms with Crippen LogP contribution in [0.1, 0.15) is 5.69 Å². The third-order valence-electron chi connectivity index (χ3n) is 3.87. The Morgan fingerprint density at radius 2 is 2.15 bits per heavy atom. The van der Waals surface area contributed by atoms with Crippen LogP contribution in [-0.4, -0.2) is 21.7 Å². The van der Waals surface area contributed by atoms with Gasteiger partial charge in [-0.2, -0.15) is 0 Å². The van der Waals surface area contributed by atoms with Gasteiger partial charge in [-0.25, -0.2) is 9.97 Å². The zero-order chi connectivity index (χ0) is 18.8. The molecule has 4 rings (SSSR count). The van der Waals surface area contributed by atoms with Crippen LogP contribution in [0, 0.1) is 0 Å². The molecule has 4 aromatic rings. The first-order chi connectivity index (χ1) is 13.2. The molecule has 4 nitrogen and oxygen atoms in total. The zero-order valence-corrected chi connectivity index (χ0v) is 16.5. The van der Waals surface area contributed by atoms with Gasteiger partial charge in [-0.3, -0.25) is 9.98 Å². The van der Waals surface area contributed by atoms with Gasteiger partial charge in [-0.1, -0.05) is 24.3 Å². The van der Waals surface area contributed by atoms with Crippen LogP contribution in [0.5, 0.6) is 0 Å². The second-order valence-electron chi connectivity index (χ2n) is 5.51. The van der Waals surface area contributed by atoms with Gasteiger partial charge < -0.3 is 0 Å². The average Bonchev–Trinajstić information content (AvgIpc) is 3.32. The van der Waals surface area contributed by atoms with Crippen molar-refractivity contribution < 1.29 is 0 Å². The molecule has 7 heteroatoms. The molecule has 0 aliphatic carbocycles. The molecule has 0 saturated carbocycles. The summed E-state index contributed by atoms with van der Waals surface area (Å²) in [5, 5.41) is 4.29. The lowest BCUT2D eigenvalue weighted by Crippen LogP contribution is -1.91. The number of hydrogen-bond donors (Lipinski definition) is 0. The highest BCUT2D eigenvalue weighted by Gasteiger charge is 2.18. The second kappa shape index (κ2) is 7.52. The summed E-state index contributed by atoms with van der Waals surface area (Å²) in [6, 6.07) is 7.90. The van der Waals surface area contributed by atoms with Crippen LogP contribution in [0.3, 0.4) is 0 Å². The second-order valence-corrected chi connectivity index (χ2v) is 7.82. The van der Waals surface area contributed by atoms with E-state index in [9.17, 15) is 0 Å². The maximum absolute atomic E-state index is 6.46. The summed E-state index contributed by atoms with van der Waals surface area (Å²) < 4.78 is 1.10. The summed E-state index contributed by atoms with van der Waals surface area (Å²) in [6.45, 7) is 7.41. The van der Waals surface area contributed by atoms with E-state index < -0.39 is 0 Å². The predicted octanol–water partition coefficient (Wildman–Crippen LogP) is 6.36. The van der Waals surface area contributed by atoms with Crippen LogP contribution < -0.4 is 0 Å². The normalized spacial score (nSPS) is 11.7. The van der Waals surface area contributed by atoms with E-state index in [0.717, 1.165) is 36.9 Å². The molecule has 0 saturated heterocycles. The zero-order valence-electron chi connectivity index (χ0n) is 14.1. The molecule has 0 radical (unpaired) electrons. The van der Waals surface area contributed by atoms with E-state index >= 15 is 0 Å². The molecule has 4 heterocycles. The van der Waals surface area contributed by atoms with E-state index in [-0.39, 0.29) is 0 Å². The summed E-state index contributed by atoms with van der Waals surface area (Å²) in [5.41, 5.74) is 3.11. The molecule has 0 N–H and O–H groups in total. The van der Waals surface area contributed by atoms with E-state index in [0.29, 0.717) is 10.9 Å². The average molecular weight is 409 g/mol. The number of hydrogen-bond acceptors (Lipinski definition) is 6. The summed E-state index contributed by atoms with van der Waals surface area (Å²) >= 11 is 9.59. The van der Waals surface area contributed by atoms with Gasteiger partial charge in [-0.05, 0) is 42.4 Å². The van der Waals surface area contributed by atoms with Crippen LogP contribution in [0.25, 0.3) is 36.9 Å². The van der Waals surface area contributed by atoms with Crippen LogP contribution in [0.15, 0.2) is 65.8 Å². The Bertz CT molecular complexity index is 1180. The highest BCUT2D eigenvalue weighted by molar-refractivity contribution is 7.19. The third-order valence-corrected chi connectivity index (χ3v) is 6.24. The Balaban J connectivity index is 1.90. The first kappa shape index (κ1) is 17.7. The van der Waals surface area contributed by atoms with Crippen LogP contribution in [-0.2, 0) is 0 Å². The molecule has 0 unspecified atom stereocenters. The molecule has 0 amide bonds. The number of aliphatic imine (C=N–C) groups is 1. The number of fused-ring (bicyclic) bond motifs is 1. The van der Waals surface area contributed by atoms with E-state index in [2.05, 4.69) is 28.3 Å². The molecule has 0 fully saturated rings. The number of rotatable bonds is 5. The number of aromatic nitrogens is 3. The Hall–Kier alpha value is -2.67. The standard InChI is InChI=1S/C20H13ClN4S2/c1-3-5-14(22-2)17-13-7-9-26-16(13)10-15(24-17)18-19(21)25-20(27-18)12-6-4-8-23-11-12/h3-11H,1-2H2/b14-5-. The van der Waals surface area contributed by atoms with Crippen molar-refractivity contribution >= 4 is 56.8 Å². The number of allylic oxidation sites excluding steroid dienone is 2. The van der Waals surface area contributed by atoms with Gasteiger partial charge >= 0.3 is 0 Å². The SMILES string of the molecule is C=C/C=C(\N=C)c1nc(-c2sc(-c3cccnc3)nc2Cl)cc2sccc12. The molecule has 132 valence electrons. The number of halogens is 1. The van der Waals surface area contributed by atoms with Crippen molar-refractivity contribution in [3.8, 4) is 21.1 Å². The summed E-state index contributed by atoms with van der Waals surface area (Å²) in [7, 11) is 0. The minimum Gasteiger partial charge on any atom is -0.264 e. The molecule has 0 aliphatic rings. The van der Waals surface area contributed by atoms with Crippen LogP contribution in [0.4, 0.5) is 0 Å². The predicted molar refractivity (Wildman–Crippen MR) is 117 cm³/mol. The van der Waals surface area contributed by atoms with Crippen molar-refractivity contribution in [2.24, 2.45) is 4.99 Å². The largest absolute Gasteiger partial charge is 0.264 e. The monoisotopic (exact) mass is 408 g/mol. The van der Waals surface area contributed by atoms with E-state index in [4.69, 9.17) is 16.6 Å². The van der Waals surface area contributed by atoms with Crippen LogP contribution in [0.2, 0.25) is 5.15 Å². The van der Waals surface area contributed by atoms with Gasteiger partial charge in [0.15, 0.2) is 0 Å². The molecule has 0 spiro atoms. The highest BCUT2D eigenvalue weighted by Crippen LogP contribution is 2.40. The van der Waals surface area contributed by atoms with Gasteiger partial charge in [0.2, 0.25) is 0 Å². The minimum atomic E-state index is 0.425. The van der Waals surface area contributed by atoms with Gasteiger partial charge in [0, 0.05) is 28.0 Å². The smallest absolute Gasteiger partial charge is 0.150 e. The van der Waals surface area contributed by atoms with Crippen molar-refractivity contribution in [1.29, 1.82) is 0 Å². The third kappa shape index (κ3) is 3.35. The Kier molecular flexibility index (Phi) is 4.94. The summed E-state index contributed by atoms with van der Waals surface area (Å²) in [4.78, 5) is 18.4.